The molecule has 2 heterocycles. The third kappa shape index (κ3) is 2.51. The van der Waals surface area contributed by atoms with Gasteiger partial charge in [-0.2, -0.15) is 0 Å². The van der Waals surface area contributed by atoms with Crippen LogP contribution in [0.3, 0.4) is 0 Å². The number of halogens is 1. The third-order valence-corrected chi connectivity index (χ3v) is 4.54. The smallest absolute Gasteiger partial charge is 0.256 e. The summed E-state index contributed by atoms with van der Waals surface area (Å²) in [5, 5.41) is 12.0. The van der Waals surface area contributed by atoms with E-state index in [1.165, 1.54) is 0 Å². The SMILES string of the molecule is Cc1[nH]c(C=C2C(=O)Nc3cc(Br)ccc32)c(C)c1CCO. The van der Waals surface area contributed by atoms with E-state index in [0.717, 1.165) is 38.2 Å². The maximum absolute atomic E-state index is 12.2. The highest BCUT2D eigenvalue weighted by molar-refractivity contribution is 9.10. The van der Waals surface area contributed by atoms with Gasteiger partial charge in [-0.05, 0) is 49.6 Å². The summed E-state index contributed by atoms with van der Waals surface area (Å²) in [6.45, 7) is 4.11. The number of nitrogens with one attached hydrogen (secondary N) is 2. The fourth-order valence-corrected chi connectivity index (χ4v) is 3.26. The van der Waals surface area contributed by atoms with Gasteiger partial charge in [0.05, 0.1) is 11.3 Å². The van der Waals surface area contributed by atoms with E-state index in [4.69, 9.17) is 5.11 Å². The van der Waals surface area contributed by atoms with E-state index in [1.807, 2.05) is 38.1 Å². The van der Waals surface area contributed by atoms with Gasteiger partial charge in [-0.25, -0.2) is 0 Å². The van der Waals surface area contributed by atoms with Crippen LogP contribution in [0.4, 0.5) is 5.69 Å². The molecule has 0 aliphatic carbocycles. The highest BCUT2D eigenvalue weighted by Crippen LogP contribution is 2.35. The lowest BCUT2D eigenvalue weighted by atomic mass is 10.0. The van der Waals surface area contributed by atoms with E-state index in [2.05, 4.69) is 26.2 Å². The Labute approximate surface area is 137 Å². The van der Waals surface area contributed by atoms with Crippen molar-refractivity contribution in [3.05, 3.63) is 50.8 Å². The highest BCUT2D eigenvalue weighted by atomic mass is 79.9. The maximum Gasteiger partial charge on any atom is 0.256 e. The summed E-state index contributed by atoms with van der Waals surface area (Å²) in [4.78, 5) is 15.5. The van der Waals surface area contributed by atoms with Crippen LogP contribution in [0.1, 0.15) is 28.1 Å². The number of aromatic amines is 1. The number of carbonyl (C=O) groups excluding carboxylic acids is 1. The lowest BCUT2D eigenvalue weighted by Gasteiger charge is -2.00. The zero-order valence-electron chi connectivity index (χ0n) is 12.5. The van der Waals surface area contributed by atoms with Crippen LogP contribution < -0.4 is 5.32 Å². The predicted octanol–water partition coefficient (Wildman–Crippen LogP) is 3.42. The van der Waals surface area contributed by atoms with Gasteiger partial charge in [-0.15, -0.1) is 0 Å². The molecule has 5 heteroatoms. The molecule has 1 aromatic heterocycles. The molecule has 1 amide bonds. The second-order valence-corrected chi connectivity index (χ2v) is 6.36. The molecule has 3 rings (SSSR count). The van der Waals surface area contributed by atoms with Gasteiger partial charge in [-0.1, -0.05) is 22.0 Å². The van der Waals surface area contributed by atoms with Crippen molar-refractivity contribution in [2.45, 2.75) is 20.3 Å². The van der Waals surface area contributed by atoms with Crippen molar-refractivity contribution in [3.63, 3.8) is 0 Å². The Hall–Kier alpha value is -1.85. The van der Waals surface area contributed by atoms with Gasteiger partial charge in [0, 0.05) is 28.0 Å². The Morgan fingerprint density at radius 3 is 2.82 bits per heavy atom. The van der Waals surface area contributed by atoms with E-state index in [1.54, 1.807) is 0 Å². The van der Waals surface area contributed by atoms with E-state index in [9.17, 15) is 4.79 Å². The summed E-state index contributed by atoms with van der Waals surface area (Å²) in [5.41, 5.74) is 6.53. The standard InChI is InChI=1S/C17H17BrN2O2/c1-9-12(5-6-21)10(2)19-15(9)8-14-13-4-3-11(18)7-16(13)20-17(14)22/h3-4,7-8,19,21H,5-6H2,1-2H3,(H,20,22). The normalized spacial score (nSPS) is 15.3. The summed E-state index contributed by atoms with van der Waals surface area (Å²) >= 11 is 3.41. The molecule has 0 unspecified atom stereocenters. The molecule has 0 saturated heterocycles. The first-order valence-corrected chi connectivity index (χ1v) is 7.92. The number of aromatic nitrogens is 1. The lowest BCUT2D eigenvalue weighted by Crippen LogP contribution is -2.03. The van der Waals surface area contributed by atoms with Gasteiger partial charge < -0.3 is 15.4 Å². The number of H-pyrrole nitrogens is 1. The van der Waals surface area contributed by atoms with Crippen molar-refractivity contribution >= 4 is 39.2 Å². The van der Waals surface area contributed by atoms with E-state index in [-0.39, 0.29) is 12.5 Å². The predicted molar refractivity (Wildman–Crippen MR) is 91.7 cm³/mol. The van der Waals surface area contributed by atoms with Crippen molar-refractivity contribution in [2.75, 3.05) is 11.9 Å². The fraction of sp³-hybridized carbons (Fsp3) is 0.235. The van der Waals surface area contributed by atoms with Crippen molar-refractivity contribution in [1.29, 1.82) is 0 Å². The van der Waals surface area contributed by atoms with Gasteiger partial charge in [0.25, 0.3) is 5.91 Å². The average Bonchev–Trinajstić information content (AvgIpc) is 2.91. The van der Waals surface area contributed by atoms with Crippen LogP contribution >= 0.6 is 15.9 Å². The minimum Gasteiger partial charge on any atom is -0.396 e. The van der Waals surface area contributed by atoms with Gasteiger partial charge >= 0.3 is 0 Å². The van der Waals surface area contributed by atoms with Gasteiger partial charge in [-0.3, -0.25) is 4.79 Å². The number of rotatable bonds is 3. The minimum atomic E-state index is -0.0940. The van der Waals surface area contributed by atoms with Crippen LogP contribution in [0.15, 0.2) is 22.7 Å². The van der Waals surface area contributed by atoms with Crippen molar-refractivity contribution in [2.24, 2.45) is 0 Å². The number of carbonyl (C=O) groups is 1. The third-order valence-electron chi connectivity index (χ3n) is 4.05. The molecule has 1 aliphatic rings. The van der Waals surface area contributed by atoms with Crippen molar-refractivity contribution < 1.29 is 9.90 Å². The summed E-state index contributed by atoms with van der Waals surface area (Å²) < 4.78 is 0.935. The zero-order chi connectivity index (χ0) is 15.9. The molecule has 4 nitrogen and oxygen atoms in total. The second-order valence-electron chi connectivity index (χ2n) is 5.44. The number of aryl methyl sites for hydroxylation is 1. The lowest BCUT2D eigenvalue weighted by molar-refractivity contribution is -0.110. The molecule has 0 bridgehead atoms. The Morgan fingerprint density at radius 2 is 2.09 bits per heavy atom. The average molecular weight is 361 g/mol. The molecule has 0 radical (unpaired) electrons. The Balaban J connectivity index is 2.07. The Kier molecular flexibility index (Phi) is 3.93. The van der Waals surface area contributed by atoms with Crippen LogP contribution in [-0.2, 0) is 11.2 Å². The molecule has 0 spiro atoms. The number of hydrogen-bond donors (Lipinski definition) is 3. The van der Waals surface area contributed by atoms with E-state index >= 15 is 0 Å². The monoisotopic (exact) mass is 360 g/mol. The first kappa shape index (κ1) is 15.1. The molecular formula is C17H17BrN2O2. The summed E-state index contributed by atoms with van der Waals surface area (Å²) in [6.07, 6.45) is 2.51. The fourth-order valence-electron chi connectivity index (χ4n) is 2.90. The largest absolute Gasteiger partial charge is 0.396 e. The quantitative estimate of drug-likeness (QED) is 0.734. The van der Waals surface area contributed by atoms with Crippen LogP contribution in [-0.4, -0.2) is 22.6 Å². The number of hydrogen-bond acceptors (Lipinski definition) is 2. The van der Waals surface area contributed by atoms with Gasteiger partial charge in [0.15, 0.2) is 0 Å². The van der Waals surface area contributed by atoms with Gasteiger partial charge in [0.1, 0.15) is 0 Å². The van der Waals surface area contributed by atoms with Gasteiger partial charge in [0.2, 0.25) is 0 Å². The van der Waals surface area contributed by atoms with Crippen LogP contribution in [0, 0.1) is 13.8 Å². The molecule has 0 fully saturated rings. The zero-order valence-corrected chi connectivity index (χ0v) is 14.0. The number of benzene rings is 1. The minimum absolute atomic E-state index is 0.0940. The topological polar surface area (TPSA) is 65.1 Å². The molecular weight excluding hydrogens is 344 g/mol. The van der Waals surface area contributed by atoms with Crippen LogP contribution in [0.25, 0.3) is 11.6 Å². The number of anilines is 1. The maximum atomic E-state index is 12.2. The molecule has 2 aromatic rings. The molecule has 3 N–H and O–H groups in total. The molecule has 22 heavy (non-hydrogen) atoms. The molecule has 0 atom stereocenters. The first-order valence-electron chi connectivity index (χ1n) is 7.13. The van der Waals surface area contributed by atoms with Crippen molar-refractivity contribution in [3.8, 4) is 0 Å². The van der Waals surface area contributed by atoms with Crippen LogP contribution in [0.2, 0.25) is 0 Å². The molecule has 114 valence electrons. The van der Waals surface area contributed by atoms with Crippen LogP contribution in [0.5, 0.6) is 0 Å². The van der Waals surface area contributed by atoms with Crippen molar-refractivity contribution in [1.82, 2.24) is 4.98 Å². The number of amides is 1. The molecule has 1 aromatic carbocycles. The molecule has 0 saturated carbocycles. The first-order chi connectivity index (χ1) is 10.5. The summed E-state index contributed by atoms with van der Waals surface area (Å²) in [7, 11) is 0. The number of aliphatic hydroxyl groups is 1. The van der Waals surface area contributed by atoms with E-state index in [0.29, 0.717) is 12.0 Å². The second kappa shape index (κ2) is 5.74. The highest BCUT2D eigenvalue weighted by Gasteiger charge is 2.24. The Bertz CT molecular complexity index is 790. The Morgan fingerprint density at radius 1 is 1.32 bits per heavy atom. The summed E-state index contributed by atoms with van der Waals surface area (Å²) in [6, 6.07) is 5.76. The number of fused-ring (bicyclic) bond motifs is 1. The van der Waals surface area contributed by atoms with E-state index < -0.39 is 0 Å². The molecule has 1 aliphatic heterocycles. The number of aliphatic hydroxyl groups excluding tert-OH is 1. The summed E-state index contributed by atoms with van der Waals surface area (Å²) in [5.74, 6) is -0.0940.